The molecule has 0 atom stereocenters. The number of amides is 2. The van der Waals surface area contributed by atoms with Gasteiger partial charge >= 0.3 is 0 Å². The second kappa shape index (κ2) is 9.69. The summed E-state index contributed by atoms with van der Waals surface area (Å²) in [4.78, 5) is 29.4. The summed E-state index contributed by atoms with van der Waals surface area (Å²) in [5.74, 6) is 0.495. The first kappa shape index (κ1) is 18.8. The molecule has 1 N–H and O–H groups in total. The molecule has 5 nitrogen and oxygen atoms in total. The normalized spacial score (nSPS) is 14.2. The van der Waals surface area contributed by atoms with E-state index in [0.717, 1.165) is 43.8 Å². The zero-order valence-electron chi connectivity index (χ0n) is 14.6. The number of benzene rings is 1. The Morgan fingerprint density at radius 1 is 1.21 bits per heavy atom. The Kier molecular flexibility index (Phi) is 7.59. The molecule has 0 aromatic heterocycles. The average molecular weight is 350 g/mol. The lowest BCUT2D eigenvalue weighted by Gasteiger charge is -2.15. The third-order valence-corrected chi connectivity index (χ3v) is 5.07. The quantitative estimate of drug-likeness (QED) is 0.577. The number of carbonyl (C=O) groups is 2. The van der Waals surface area contributed by atoms with Crippen molar-refractivity contribution >= 4 is 23.6 Å². The predicted octanol–water partition coefficient (Wildman–Crippen LogP) is 2.08. The van der Waals surface area contributed by atoms with Crippen LogP contribution in [-0.2, 0) is 4.79 Å². The minimum atomic E-state index is -0.0644. The third-order valence-electron chi connectivity index (χ3n) is 4.01. The van der Waals surface area contributed by atoms with E-state index < -0.39 is 0 Å². The SMILES string of the molecule is CN(C)CCCNC(=O)c1ccccc1SCC(=O)N1CCCC1. The standard InChI is InChI=1S/C18H27N3O2S/c1-20(2)11-7-10-19-18(23)15-8-3-4-9-16(15)24-14-17(22)21-12-5-6-13-21/h3-4,8-9H,5-7,10-14H2,1-2H3,(H,19,23). The van der Waals surface area contributed by atoms with Gasteiger partial charge in [-0.2, -0.15) is 0 Å². The van der Waals surface area contributed by atoms with E-state index >= 15 is 0 Å². The molecule has 6 heteroatoms. The molecule has 1 fully saturated rings. The van der Waals surface area contributed by atoms with Gasteiger partial charge in [-0.25, -0.2) is 0 Å². The second-order valence-electron chi connectivity index (χ2n) is 6.29. The molecular formula is C18H27N3O2S. The fourth-order valence-corrected chi connectivity index (χ4v) is 3.62. The fraction of sp³-hybridized carbons (Fsp3) is 0.556. The largest absolute Gasteiger partial charge is 0.352 e. The lowest BCUT2D eigenvalue weighted by Crippen LogP contribution is -2.29. The number of hydrogen-bond donors (Lipinski definition) is 1. The second-order valence-corrected chi connectivity index (χ2v) is 7.30. The number of rotatable bonds is 8. The Hall–Kier alpha value is -1.53. The molecule has 2 amide bonds. The average Bonchev–Trinajstić information content (AvgIpc) is 3.11. The highest BCUT2D eigenvalue weighted by atomic mass is 32.2. The number of thioether (sulfide) groups is 1. The molecule has 1 aliphatic rings. The third kappa shape index (κ3) is 5.83. The zero-order valence-corrected chi connectivity index (χ0v) is 15.4. The maximum Gasteiger partial charge on any atom is 0.252 e. The van der Waals surface area contributed by atoms with E-state index in [1.165, 1.54) is 11.8 Å². The molecule has 0 saturated carbocycles. The van der Waals surface area contributed by atoms with Crippen molar-refractivity contribution in [3.05, 3.63) is 29.8 Å². The van der Waals surface area contributed by atoms with Gasteiger partial charge < -0.3 is 15.1 Å². The summed E-state index contributed by atoms with van der Waals surface area (Å²) < 4.78 is 0. The molecule has 1 saturated heterocycles. The lowest BCUT2D eigenvalue weighted by atomic mass is 10.2. The summed E-state index contributed by atoms with van der Waals surface area (Å²) in [6.07, 6.45) is 3.12. The topological polar surface area (TPSA) is 52.7 Å². The first-order valence-corrected chi connectivity index (χ1v) is 9.49. The van der Waals surface area contributed by atoms with E-state index in [2.05, 4.69) is 10.2 Å². The number of nitrogens with zero attached hydrogens (tertiary/aromatic N) is 2. The van der Waals surface area contributed by atoms with E-state index in [1.807, 2.05) is 43.3 Å². The van der Waals surface area contributed by atoms with Gasteiger partial charge in [0, 0.05) is 24.5 Å². The van der Waals surface area contributed by atoms with Gasteiger partial charge in [0.1, 0.15) is 0 Å². The van der Waals surface area contributed by atoms with Crippen LogP contribution in [-0.4, -0.2) is 67.6 Å². The van der Waals surface area contributed by atoms with E-state index in [1.54, 1.807) is 0 Å². The van der Waals surface area contributed by atoms with Gasteiger partial charge in [-0.15, -0.1) is 11.8 Å². The minimum Gasteiger partial charge on any atom is -0.352 e. The summed E-state index contributed by atoms with van der Waals surface area (Å²) in [7, 11) is 4.04. The van der Waals surface area contributed by atoms with E-state index in [0.29, 0.717) is 17.9 Å². The molecule has 132 valence electrons. The molecular weight excluding hydrogens is 322 g/mol. The first-order valence-electron chi connectivity index (χ1n) is 8.50. The van der Waals surface area contributed by atoms with E-state index in [9.17, 15) is 9.59 Å². The predicted molar refractivity (Wildman–Crippen MR) is 98.5 cm³/mol. The van der Waals surface area contributed by atoms with Crippen molar-refractivity contribution in [3.8, 4) is 0 Å². The van der Waals surface area contributed by atoms with Crippen LogP contribution in [0.4, 0.5) is 0 Å². The molecule has 0 spiro atoms. The number of carbonyl (C=O) groups excluding carboxylic acids is 2. The van der Waals surface area contributed by atoms with Crippen molar-refractivity contribution in [2.45, 2.75) is 24.2 Å². The molecule has 2 rings (SSSR count). The molecule has 24 heavy (non-hydrogen) atoms. The highest BCUT2D eigenvalue weighted by Crippen LogP contribution is 2.23. The molecule has 1 heterocycles. The molecule has 1 aromatic carbocycles. The van der Waals surface area contributed by atoms with Crippen LogP contribution < -0.4 is 5.32 Å². The molecule has 1 aromatic rings. The molecule has 0 radical (unpaired) electrons. The van der Waals surface area contributed by atoms with Crippen molar-refractivity contribution in [3.63, 3.8) is 0 Å². The Bertz CT molecular complexity index is 557. The van der Waals surface area contributed by atoms with E-state index in [4.69, 9.17) is 0 Å². The monoisotopic (exact) mass is 349 g/mol. The maximum absolute atomic E-state index is 12.4. The van der Waals surface area contributed by atoms with Crippen LogP contribution in [0.5, 0.6) is 0 Å². The Balaban J connectivity index is 1.86. The van der Waals surface area contributed by atoms with Crippen molar-refractivity contribution in [2.75, 3.05) is 46.0 Å². The van der Waals surface area contributed by atoms with Gasteiger partial charge in [0.05, 0.1) is 11.3 Å². The van der Waals surface area contributed by atoms with E-state index in [-0.39, 0.29) is 11.8 Å². The fourth-order valence-electron chi connectivity index (χ4n) is 2.67. The summed E-state index contributed by atoms with van der Waals surface area (Å²) in [5.41, 5.74) is 0.654. The molecule has 1 aliphatic heterocycles. The van der Waals surface area contributed by atoms with Gasteiger partial charge in [-0.1, -0.05) is 12.1 Å². The van der Waals surface area contributed by atoms with Crippen molar-refractivity contribution < 1.29 is 9.59 Å². The van der Waals surface area contributed by atoms with Gasteiger partial charge in [0.15, 0.2) is 0 Å². The zero-order chi connectivity index (χ0) is 17.4. The van der Waals surface area contributed by atoms with Crippen LogP contribution in [0.15, 0.2) is 29.2 Å². The Morgan fingerprint density at radius 2 is 1.92 bits per heavy atom. The van der Waals surface area contributed by atoms with Crippen LogP contribution >= 0.6 is 11.8 Å². The summed E-state index contributed by atoms with van der Waals surface area (Å²) in [6.45, 7) is 3.34. The van der Waals surface area contributed by atoms with Crippen molar-refractivity contribution in [2.24, 2.45) is 0 Å². The van der Waals surface area contributed by atoms with Crippen molar-refractivity contribution in [1.82, 2.24) is 15.1 Å². The van der Waals surface area contributed by atoms with Crippen LogP contribution in [0.3, 0.4) is 0 Å². The van der Waals surface area contributed by atoms with Crippen molar-refractivity contribution in [1.29, 1.82) is 0 Å². The van der Waals surface area contributed by atoms with Gasteiger partial charge in [0.2, 0.25) is 5.91 Å². The number of hydrogen-bond acceptors (Lipinski definition) is 4. The van der Waals surface area contributed by atoms with Gasteiger partial charge in [0.25, 0.3) is 5.91 Å². The molecule has 0 bridgehead atoms. The Morgan fingerprint density at radius 3 is 2.62 bits per heavy atom. The van der Waals surface area contributed by atoms with Gasteiger partial charge in [-0.3, -0.25) is 9.59 Å². The molecule has 0 aliphatic carbocycles. The summed E-state index contributed by atoms with van der Waals surface area (Å²) in [6, 6.07) is 7.51. The summed E-state index contributed by atoms with van der Waals surface area (Å²) in [5, 5.41) is 2.96. The first-order chi connectivity index (χ1) is 11.6. The molecule has 0 unspecified atom stereocenters. The van der Waals surface area contributed by atoms with Crippen LogP contribution in [0.25, 0.3) is 0 Å². The maximum atomic E-state index is 12.4. The highest BCUT2D eigenvalue weighted by Gasteiger charge is 2.19. The Labute approximate surface area is 148 Å². The van der Waals surface area contributed by atoms with Crippen LogP contribution in [0.1, 0.15) is 29.6 Å². The number of nitrogens with one attached hydrogen (secondary N) is 1. The van der Waals surface area contributed by atoms with Crippen LogP contribution in [0.2, 0.25) is 0 Å². The lowest BCUT2D eigenvalue weighted by molar-refractivity contribution is -0.127. The van der Waals surface area contributed by atoms with Crippen LogP contribution in [0, 0.1) is 0 Å². The number of likely N-dealkylation sites (tertiary alicyclic amines) is 1. The highest BCUT2D eigenvalue weighted by molar-refractivity contribution is 8.00. The van der Waals surface area contributed by atoms with Gasteiger partial charge in [-0.05, 0) is 52.0 Å². The minimum absolute atomic E-state index is 0.0644. The summed E-state index contributed by atoms with van der Waals surface area (Å²) >= 11 is 1.45. The smallest absolute Gasteiger partial charge is 0.252 e.